The van der Waals surface area contributed by atoms with Crippen LogP contribution in [0.2, 0.25) is 0 Å². The molecule has 3 rings (SSSR count). The topological polar surface area (TPSA) is 79.4 Å². The molecule has 1 N–H and O–H groups in total. The van der Waals surface area contributed by atoms with Gasteiger partial charge in [0.1, 0.15) is 4.21 Å². The third-order valence-corrected chi connectivity index (χ3v) is 7.08. The Morgan fingerprint density at radius 1 is 1.38 bits per heavy atom. The molecule has 0 aliphatic carbocycles. The number of nitrogens with zero attached hydrogens (tertiary/aromatic N) is 2. The number of aromatic nitrogens is 1. The molecule has 1 aliphatic rings. The molecule has 1 aliphatic heterocycles. The first-order valence-corrected chi connectivity index (χ1v) is 10.8. The second kappa shape index (κ2) is 8.57. The van der Waals surface area contributed by atoms with Gasteiger partial charge in [0, 0.05) is 38.1 Å². The maximum absolute atomic E-state index is 12.4. The van der Waals surface area contributed by atoms with Gasteiger partial charge in [-0.05, 0) is 47.9 Å². The number of pyridine rings is 1. The fourth-order valence-electron chi connectivity index (χ4n) is 2.89. The number of thiophene rings is 1. The number of amides is 1. The van der Waals surface area contributed by atoms with Crippen molar-refractivity contribution < 1.29 is 13.2 Å². The molecule has 0 saturated carbocycles. The number of likely N-dealkylation sites (tertiary alicyclic amines) is 1. The fourth-order valence-corrected chi connectivity index (χ4v) is 5.05. The second-order valence-corrected chi connectivity index (χ2v) is 9.14. The highest BCUT2D eigenvalue weighted by molar-refractivity contribution is 7.91. The van der Waals surface area contributed by atoms with Crippen molar-refractivity contribution in [3.8, 4) is 0 Å². The third-order valence-electron chi connectivity index (χ3n) is 4.26. The van der Waals surface area contributed by atoms with E-state index < -0.39 is 10.0 Å². The molecule has 1 amide bonds. The lowest BCUT2D eigenvalue weighted by atomic mass is 9.98. The van der Waals surface area contributed by atoms with Crippen LogP contribution in [0.5, 0.6) is 0 Å². The highest BCUT2D eigenvalue weighted by atomic mass is 32.2. The zero-order valence-corrected chi connectivity index (χ0v) is 15.9. The molecule has 8 heteroatoms. The molecule has 0 bridgehead atoms. The van der Waals surface area contributed by atoms with Gasteiger partial charge >= 0.3 is 0 Å². The molecular formula is C18H21N3O3S2. The summed E-state index contributed by atoms with van der Waals surface area (Å²) in [6.45, 7) is 1.60. The van der Waals surface area contributed by atoms with Crippen molar-refractivity contribution in [3.63, 3.8) is 0 Å². The van der Waals surface area contributed by atoms with Crippen LogP contribution < -0.4 is 4.72 Å². The summed E-state index contributed by atoms with van der Waals surface area (Å²) in [7, 11) is -3.46. The highest BCUT2D eigenvalue weighted by Crippen LogP contribution is 2.19. The number of piperidine rings is 1. The van der Waals surface area contributed by atoms with E-state index in [0.717, 1.165) is 18.4 Å². The normalized spacial score (nSPS) is 18.3. The van der Waals surface area contributed by atoms with Gasteiger partial charge in [-0.25, -0.2) is 13.1 Å². The van der Waals surface area contributed by atoms with E-state index >= 15 is 0 Å². The SMILES string of the molecule is O=C(/C=C/c1cccnc1)N1CCC[C@H](CNS(=O)(=O)c2cccs2)C1. The molecule has 2 aromatic heterocycles. The van der Waals surface area contributed by atoms with Crippen molar-refractivity contribution in [1.82, 2.24) is 14.6 Å². The minimum Gasteiger partial charge on any atom is -0.339 e. The maximum Gasteiger partial charge on any atom is 0.250 e. The summed E-state index contributed by atoms with van der Waals surface area (Å²) >= 11 is 1.20. The van der Waals surface area contributed by atoms with Crippen LogP contribution in [0.1, 0.15) is 18.4 Å². The van der Waals surface area contributed by atoms with Crippen molar-refractivity contribution in [3.05, 3.63) is 53.7 Å². The van der Waals surface area contributed by atoms with Crippen LogP contribution >= 0.6 is 11.3 Å². The lowest BCUT2D eigenvalue weighted by Gasteiger charge is -2.32. The Hall–Kier alpha value is -2.03. The van der Waals surface area contributed by atoms with E-state index in [-0.39, 0.29) is 11.8 Å². The van der Waals surface area contributed by atoms with Crippen LogP contribution in [0.4, 0.5) is 0 Å². The van der Waals surface area contributed by atoms with Crippen molar-refractivity contribution in [2.24, 2.45) is 5.92 Å². The van der Waals surface area contributed by atoms with Gasteiger partial charge in [-0.3, -0.25) is 9.78 Å². The Bertz CT molecular complexity index is 849. The van der Waals surface area contributed by atoms with Crippen LogP contribution in [0.25, 0.3) is 6.08 Å². The molecular weight excluding hydrogens is 370 g/mol. The average molecular weight is 392 g/mol. The molecule has 0 unspecified atom stereocenters. The lowest BCUT2D eigenvalue weighted by Crippen LogP contribution is -2.43. The molecule has 0 spiro atoms. The number of rotatable bonds is 6. The van der Waals surface area contributed by atoms with Gasteiger partial charge in [-0.1, -0.05) is 12.1 Å². The standard InChI is InChI=1S/C18H21N3O3S2/c22-17(8-7-15-4-1-9-19-12-15)21-10-2-5-16(14-21)13-20-26(23,24)18-6-3-11-25-18/h1,3-4,6-9,11-12,16,20H,2,5,10,13-14H2/b8-7+/t16-/m1/s1. The first-order valence-electron chi connectivity index (χ1n) is 8.45. The van der Waals surface area contributed by atoms with Gasteiger partial charge in [-0.2, -0.15) is 0 Å². The molecule has 2 aromatic rings. The molecule has 138 valence electrons. The number of sulfonamides is 1. The molecule has 3 heterocycles. The summed E-state index contributed by atoms with van der Waals surface area (Å²) in [6, 6.07) is 7.01. The summed E-state index contributed by atoms with van der Waals surface area (Å²) in [6.07, 6.45) is 8.46. The summed E-state index contributed by atoms with van der Waals surface area (Å²) < 4.78 is 27.4. The zero-order valence-electron chi connectivity index (χ0n) is 14.2. The molecule has 0 aromatic carbocycles. The lowest BCUT2D eigenvalue weighted by molar-refractivity contribution is -0.127. The van der Waals surface area contributed by atoms with E-state index in [0.29, 0.717) is 23.8 Å². The van der Waals surface area contributed by atoms with Crippen LogP contribution in [-0.4, -0.2) is 43.8 Å². The van der Waals surface area contributed by atoms with Gasteiger partial charge < -0.3 is 4.90 Å². The molecule has 1 atom stereocenters. The number of hydrogen-bond acceptors (Lipinski definition) is 5. The van der Waals surface area contributed by atoms with E-state index in [2.05, 4.69) is 9.71 Å². The summed E-state index contributed by atoms with van der Waals surface area (Å²) in [4.78, 5) is 18.2. The molecule has 6 nitrogen and oxygen atoms in total. The van der Waals surface area contributed by atoms with Gasteiger partial charge in [0.15, 0.2) is 0 Å². The average Bonchev–Trinajstić information content (AvgIpc) is 3.21. The Labute approximate surface area is 157 Å². The van der Waals surface area contributed by atoms with Gasteiger partial charge in [0.2, 0.25) is 15.9 Å². The second-order valence-electron chi connectivity index (χ2n) is 6.20. The summed E-state index contributed by atoms with van der Waals surface area (Å²) in [5.74, 6) is 0.0638. The van der Waals surface area contributed by atoms with Gasteiger partial charge in [0.05, 0.1) is 0 Å². The molecule has 0 radical (unpaired) electrons. The van der Waals surface area contributed by atoms with Crippen molar-refractivity contribution >= 4 is 33.3 Å². The highest BCUT2D eigenvalue weighted by Gasteiger charge is 2.24. The van der Waals surface area contributed by atoms with Crippen LogP contribution in [0.3, 0.4) is 0 Å². The Kier molecular flexibility index (Phi) is 6.18. The predicted octanol–water partition coefficient (Wildman–Crippen LogP) is 2.37. The largest absolute Gasteiger partial charge is 0.339 e. The molecule has 26 heavy (non-hydrogen) atoms. The first-order chi connectivity index (χ1) is 12.5. The van der Waals surface area contributed by atoms with Gasteiger partial charge in [0.25, 0.3) is 0 Å². The minimum atomic E-state index is -3.46. The van der Waals surface area contributed by atoms with E-state index in [1.165, 1.54) is 11.3 Å². The number of carbonyl (C=O) groups excluding carboxylic acids is 1. The Balaban J connectivity index is 1.54. The van der Waals surface area contributed by atoms with E-state index in [1.807, 2.05) is 12.1 Å². The zero-order chi connectivity index (χ0) is 18.4. The van der Waals surface area contributed by atoms with Crippen molar-refractivity contribution in [1.29, 1.82) is 0 Å². The number of nitrogens with one attached hydrogen (secondary N) is 1. The Morgan fingerprint density at radius 2 is 2.27 bits per heavy atom. The fraction of sp³-hybridized carbons (Fsp3) is 0.333. The molecule has 1 saturated heterocycles. The maximum atomic E-state index is 12.4. The summed E-state index contributed by atoms with van der Waals surface area (Å²) in [5, 5.41) is 1.74. The van der Waals surface area contributed by atoms with Gasteiger partial charge in [-0.15, -0.1) is 11.3 Å². The van der Waals surface area contributed by atoms with Crippen LogP contribution in [0.15, 0.2) is 52.3 Å². The monoisotopic (exact) mass is 391 g/mol. The van der Waals surface area contributed by atoms with E-state index in [1.54, 1.807) is 47.0 Å². The number of carbonyl (C=O) groups is 1. The van der Waals surface area contributed by atoms with Crippen molar-refractivity contribution in [2.75, 3.05) is 19.6 Å². The third kappa shape index (κ3) is 5.00. The minimum absolute atomic E-state index is 0.0559. The van der Waals surface area contributed by atoms with Crippen LogP contribution in [0, 0.1) is 5.92 Å². The summed E-state index contributed by atoms with van der Waals surface area (Å²) in [5.41, 5.74) is 0.873. The quantitative estimate of drug-likeness (QED) is 0.767. The number of hydrogen-bond donors (Lipinski definition) is 1. The van der Waals surface area contributed by atoms with Crippen molar-refractivity contribution in [2.45, 2.75) is 17.1 Å². The smallest absolute Gasteiger partial charge is 0.250 e. The first kappa shape index (κ1) is 18.8. The van der Waals surface area contributed by atoms with E-state index in [4.69, 9.17) is 0 Å². The predicted molar refractivity (Wildman–Crippen MR) is 102 cm³/mol. The molecule has 1 fully saturated rings. The van der Waals surface area contributed by atoms with E-state index in [9.17, 15) is 13.2 Å². The van der Waals surface area contributed by atoms with Crippen LogP contribution in [-0.2, 0) is 14.8 Å². The Morgan fingerprint density at radius 3 is 3.00 bits per heavy atom.